The lowest BCUT2D eigenvalue weighted by Gasteiger charge is -2.21. The van der Waals surface area contributed by atoms with Gasteiger partial charge in [0.1, 0.15) is 0 Å². The highest BCUT2D eigenvalue weighted by molar-refractivity contribution is 5.90. The van der Waals surface area contributed by atoms with Crippen molar-refractivity contribution in [3.63, 3.8) is 0 Å². The summed E-state index contributed by atoms with van der Waals surface area (Å²) in [7, 11) is 0. The number of oxime groups is 1. The van der Waals surface area contributed by atoms with Gasteiger partial charge in [-0.3, -0.25) is 10.0 Å². The summed E-state index contributed by atoms with van der Waals surface area (Å²) >= 11 is 0. The van der Waals surface area contributed by atoms with E-state index in [0.29, 0.717) is 5.71 Å². The second kappa shape index (κ2) is 4.81. The zero-order valence-electron chi connectivity index (χ0n) is 7.36. The number of rotatable bonds is 2. The third kappa shape index (κ3) is 2.69. The molecule has 0 heterocycles. The van der Waals surface area contributed by atoms with Crippen LogP contribution in [0.3, 0.4) is 0 Å². The van der Waals surface area contributed by atoms with Crippen LogP contribution in [0.2, 0.25) is 0 Å². The van der Waals surface area contributed by atoms with E-state index in [-0.39, 0.29) is 12.3 Å². The van der Waals surface area contributed by atoms with E-state index in [9.17, 15) is 4.79 Å². The molecule has 13 heavy (non-hydrogen) atoms. The van der Waals surface area contributed by atoms with Crippen molar-refractivity contribution in [3.05, 3.63) is 0 Å². The highest BCUT2D eigenvalue weighted by atomic mass is 16.5. The Labute approximate surface area is 76.4 Å². The van der Waals surface area contributed by atoms with E-state index >= 15 is 0 Å². The molecular formula is C8H14N2O3. The number of nitrogens with one attached hydrogen (secondary N) is 1. The molecule has 1 amide bonds. The molecule has 1 atom stereocenters. The maximum absolute atomic E-state index is 10.8. The van der Waals surface area contributed by atoms with Crippen molar-refractivity contribution in [2.24, 2.45) is 11.1 Å². The first kappa shape index (κ1) is 9.98. The summed E-state index contributed by atoms with van der Waals surface area (Å²) in [6, 6.07) is 0. The molecule has 0 aromatic rings. The molecule has 5 heteroatoms. The van der Waals surface area contributed by atoms with Crippen LogP contribution in [0.25, 0.3) is 0 Å². The molecule has 1 unspecified atom stereocenters. The van der Waals surface area contributed by atoms with E-state index in [1.165, 1.54) is 0 Å². The summed E-state index contributed by atoms with van der Waals surface area (Å²) in [6.45, 7) is 0. The van der Waals surface area contributed by atoms with Crippen molar-refractivity contribution >= 4 is 11.6 Å². The standard InChI is InChI=1S/C8H14N2O3/c11-8(10-13)5-6-3-1-2-4-7(6)9-12/h6,12-13H,1-5H2,(H,10,11)/b9-7+. The molecule has 0 spiro atoms. The molecule has 0 radical (unpaired) electrons. The van der Waals surface area contributed by atoms with Gasteiger partial charge in [0.05, 0.1) is 5.71 Å². The first-order valence-corrected chi connectivity index (χ1v) is 4.41. The lowest BCUT2D eigenvalue weighted by molar-refractivity contribution is -0.129. The predicted molar refractivity (Wildman–Crippen MR) is 45.7 cm³/mol. The zero-order chi connectivity index (χ0) is 9.68. The van der Waals surface area contributed by atoms with Gasteiger partial charge in [-0.2, -0.15) is 0 Å². The summed E-state index contributed by atoms with van der Waals surface area (Å²) in [5.74, 6) is -0.432. The number of nitrogens with zero attached hydrogens (tertiary/aromatic N) is 1. The van der Waals surface area contributed by atoms with Crippen molar-refractivity contribution in [2.45, 2.75) is 32.1 Å². The maximum atomic E-state index is 10.8. The van der Waals surface area contributed by atoms with E-state index in [0.717, 1.165) is 25.7 Å². The molecule has 1 saturated carbocycles. The smallest absolute Gasteiger partial charge is 0.243 e. The molecule has 0 aromatic carbocycles. The van der Waals surface area contributed by atoms with Crippen LogP contribution in [-0.2, 0) is 4.79 Å². The van der Waals surface area contributed by atoms with E-state index in [1.54, 1.807) is 5.48 Å². The minimum absolute atomic E-state index is 0.00843. The van der Waals surface area contributed by atoms with Crippen molar-refractivity contribution in [1.29, 1.82) is 0 Å². The van der Waals surface area contributed by atoms with Crippen LogP contribution in [0.1, 0.15) is 32.1 Å². The first-order chi connectivity index (χ1) is 6.27. The monoisotopic (exact) mass is 186 g/mol. The summed E-state index contributed by atoms with van der Waals surface area (Å²) in [4.78, 5) is 10.8. The first-order valence-electron chi connectivity index (χ1n) is 4.41. The molecular weight excluding hydrogens is 172 g/mol. The van der Waals surface area contributed by atoms with Gasteiger partial charge in [0.15, 0.2) is 0 Å². The SMILES string of the molecule is O=C(CC1CCCC/C1=N\O)NO. The molecule has 0 aliphatic heterocycles. The van der Waals surface area contributed by atoms with Gasteiger partial charge in [0.25, 0.3) is 0 Å². The van der Waals surface area contributed by atoms with E-state index in [4.69, 9.17) is 10.4 Å². The van der Waals surface area contributed by atoms with Crippen molar-refractivity contribution in [3.8, 4) is 0 Å². The number of carbonyl (C=O) groups is 1. The van der Waals surface area contributed by atoms with Gasteiger partial charge in [-0.1, -0.05) is 11.6 Å². The Hall–Kier alpha value is -1.10. The van der Waals surface area contributed by atoms with Crippen LogP contribution in [0, 0.1) is 5.92 Å². The van der Waals surface area contributed by atoms with Crippen LogP contribution in [0.4, 0.5) is 0 Å². The molecule has 74 valence electrons. The Morgan fingerprint density at radius 3 is 3.00 bits per heavy atom. The number of hydrogen-bond donors (Lipinski definition) is 3. The summed E-state index contributed by atoms with van der Waals surface area (Å²) in [5.41, 5.74) is 2.26. The highest BCUT2D eigenvalue weighted by Crippen LogP contribution is 2.24. The van der Waals surface area contributed by atoms with Gasteiger partial charge >= 0.3 is 0 Å². The minimum atomic E-state index is -0.423. The number of carbonyl (C=O) groups excluding carboxylic acids is 1. The van der Waals surface area contributed by atoms with Gasteiger partial charge in [-0.15, -0.1) is 0 Å². The zero-order valence-corrected chi connectivity index (χ0v) is 7.36. The summed E-state index contributed by atoms with van der Waals surface area (Å²) in [6.07, 6.45) is 3.86. The normalized spacial score (nSPS) is 25.9. The summed E-state index contributed by atoms with van der Waals surface area (Å²) < 4.78 is 0. The molecule has 1 aliphatic carbocycles. The second-order valence-corrected chi connectivity index (χ2v) is 3.27. The fraction of sp³-hybridized carbons (Fsp3) is 0.750. The van der Waals surface area contributed by atoms with Gasteiger partial charge in [-0.05, 0) is 19.3 Å². The van der Waals surface area contributed by atoms with Gasteiger partial charge in [0.2, 0.25) is 5.91 Å². The molecule has 0 saturated heterocycles. The Balaban J connectivity index is 2.50. The van der Waals surface area contributed by atoms with Crippen LogP contribution >= 0.6 is 0 Å². The van der Waals surface area contributed by atoms with Gasteiger partial charge in [-0.25, -0.2) is 5.48 Å². The van der Waals surface area contributed by atoms with Crippen LogP contribution < -0.4 is 5.48 Å². The predicted octanol–water partition coefficient (Wildman–Crippen LogP) is 0.902. The highest BCUT2D eigenvalue weighted by Gasteiger charge is 2.23. The van der Waals surface area contributed by atoms with Crippen molar-refractivity contribution < 1.29 is 15.2 Å². The van der Waals surface area contributed by atoms with Crippen LogP contribution in [-0.4, -0.2) is 22.0 Å². The second-order valence-electron chi connectivity index (χ2n) is 3.27. The topological polar surface area (TPSA) is 81.9 Å². The van der Waals surface area contributed by atoms with E-state index in [1.807, 2.05) is 0 Å². The number of hydroxylamine groups is 1. The molecule has 1 rings (SSSR count). The molecule has 1 fully saturated rings. The summed E-state index contributed by atoms with van der Waals surface area (Å²) in [5, 5.41) is 20.1. The Kier molecular flexibility index (Phi) is 3.70. The van der Waals surface area contributed by atoms with Crippen molar-refractivity contribution in [1.82, 2.24) is 5.48 Å². The van der Waals surface area contributed by atoms with Crippen LogP contribution in [0.15, 0.2) is 5.16 Å². The molecule has 0 bridgehead atoms. The number of amides is 1. The Bertz CT molecular complexity index is 215. The molecule has 0 aromatic heterocycles. The quantitative estimate of drug-likeness (QED) is 0.340. The average molecular weight is 186 g/mol. The Morgan fingerprint density at radius 1 is 1.62 bits per heavy atom. The molecule has 5 nitrogen and oxygen atoms in total. The molecule has 1 aliphatic rings. The number of hydrogen-bond acceptors (Lipinski definition) is 4. The lowest BCUT2D eigenvalue weighted by atomic mass is 9.85. The largest absolute Gasteiger partial charge is 0.411 e. The average Bonchev–Trinajstić information content (AvgIpc) is 2.18. The minimum Gasteiger partial charge on any atom is -0.411 e. The fourth-order valence-corrected chi connectivity index (χ4v) is 1.69. The Morgan fingerprint density at radius 2 is 2.38 bits per heavy atom. The lowest BCUT2D eigenvalue weighted by Crippen LogP contribution is -2.27. The third-order valence-corrected chi connectivity index (χ3v) is 2.39. The van der Waals surface area contributed by atoms with Gasteiger partial charge in [0, 0.05) is 12.3 Å². The third-order valence-electron chi connectivity index (χ3n) is 2.39. The van der Waals surface area contributed by atoms with E-state index < -0.39 is 5.91 Å². The van der Waals surface area contributed by atoms with Crippen molar-refractivity contribution in [2.75, 3.05) is 0 Å². The van der Waals surface area contributed by atoms with Crippen LogP contribution in [0.5, 0.6) is 0 Å². The van der Waals surface area contributed by atoms with Gasteiger partial charge < -0.3 is 5.21 Å². The fourth-order valence-electron chi connectivity index (χ4n) is 1.69. The maximum Gasteiger partial charge on any atom is 0.243 e. The van der Waals surface area contributed by atoms with E-state index in [2.05, 4.69) is 5.16 Å². The molecule has 3 N–H and O–H groups in total.